The van der Waals surface area contributed by atoms with E-state index in [4.69, 9.17) is 35.3 Å². The quantitative estimate of drug-likeness (QED) is 0.0799. The molecule has 226 valence electrons. The maximum Gasteiger partial charge on any atom is 0.337 e. The lowest BCUT2D eigenvalue weighted by Gasteiger charge is -2.17. The van der Waals surface area contributed by atoms with Crippen LogP contribution in [-0.2, 0) is 20.8 Å². The molecular formula is C31H36N6O6. The van der Waals surface area contributed by atoms with Crippen molar-refractivity contribution in [1.29, 1.82) is 0 Å². The molecule has 0 saturated heterocycles. The third-order valence-electron chi connectivity index (χ3n) is 6.27. The van der Waals surface area contributed by atoms with E-state index in [1.165, 1.54) is 18.4 Å². The van der Waals surface area contributed by atoms with Crippen LogP contribution in [0.1, 0.15) is 21.5 Å². The number of nitrogens with two attached hydrogens (primary N) is 2. The number of nitrogens with zero attached hydrogens (tertiary/aromatic N) is 3. The Hall–Kier alpha value is -4.91. The van der Waals surface area contributed by atoms with Crippen LogP contribution in [-0.4, -0.2) is 68.7 Å². The number of anilines is 2. The molecule has 0 aliphatic heterocycles. The summed E-state index contributed by atoms with van der Waals surface area (Å²) in [6.07, 6.45) is 3.12. The Morgan fingerprint density at radius 1 is 0.884 bits per heavy atom. The summed E-state index contributed by atoms with van der Waals surface area (Å²) in [6, 6.07) is 18.3. The van der Waals surface area contributed by atoms with Gasteiger partial charge in [-0.15, -0.1) is 0 Å². The van der Waals surface area contributed by atoms with Gasteiger partial charge in [-0.25, -0.2) is 20.6 Å². The van der Waals surface area contributed by atoms with Crippen LogP contribution in [0.3, 0.4) is 0 Å². The van der Waals surface area contributed by atoms with Gasteiger partial charge in [-0.3, -0.25) is 0 Å². The van der Waals surface area contributed by atoms with Gasteiger partial charge in [0.05, 0.1) is 43.6 Å². The standard InChI is InChI=1S/C31H36N6O6/c1-39-10-12-42-28-16-25-27(17-29(28)43-13-11-40-2)34-20-35-30(25)36-24-9-5-7-22(15-24)26(32)19-37(33)18-21-6-4-8-23(14-21)31(38)41-3/h4-9,14-17,19-20H,10-13,18,32-33H2,1-3H3,(H,34,35,36)/b26-19-. The SMILES string of the molecule is COCCOc1cc2ncnc(Nc3cccc(/C(N)=C/N(N)Cc4cccc(C(=O)OC)c4)c3)c2cc1OCCOC. The summed E-state index contributed by atoms with van der Waals surface area (Å²) in [5, 5.41) is 5.56. The fourth-order valence-electron chi connectivity index (χ4n) is 4.20. The van der Waals surface area contributed by atoms with Gasteiger partial charge in [0.25, 0.3) is 0 Å². The van der Waals surface area contributed by atoms with E-state index in [1.54, 1.807) is 38.6 Å². The topological polar surface area (TPSA) is 156 Å². The monoisotopic (exact) mass is 588 g/mol. The predicted molar refractivity (Wildman–Crippen MR) is 164 cm³/mol. The molecule has 12 heteroatoms. The zero-order chi connectivity index (χ0) is 30.6. The average molecular weight is 589 g/mol. The van der Waals surface area contributed by atoms with E-state index in [2.05, 4.69) is 15.3 Å². The second-order valence-electron chi connectivity index (χ2n) is 9.38. The van der Waals surface area contributed by atoms with Gasteiger partial charge in [-0.05, 0) is 35.9 Å². The zero-order valence-corrected chi connectivity index (χ0v) is 24.4. The summed E-state index contributed by atoms with van der Waals surface area (Å²) in [5.41, 5.74) is 10.3. The molecule has 0 aliphatic carbocycles. The van der Waals surface area contributed by atoms with Crippen molar-refractivity contribution >= 4 is 34.1 Å². The van der Waals surface area contributed by atoms with E-state index in [1.807, 2.05) is 42.5 Å². The van der Waals surface area contributed by atoms with Gasteiger partial charge in [0, 0.05) is 43.1 Å². The average Bonchev–Trinajstić information content (AvgIpc) is 3.01. The lowest BCUT2D eigenvalue weighted by molar-refractivity contribution is 0.0600. The van der Waals surface area contributed by atoms with Crippen molar-refractivity contribution in [3.63, 3.8) is 0 Å². The number of benzene rings is 3. The van der Waals surface area contributed by atoms with Crippen LogP contribution in [0.2, 0.25) is 0 Å². The molecule has 0 atom stereocenters. The van der Waals surface area contributed by atoms with Crippen LogP contribution >= 0.6 is 0 Å². The van der Waals surface area contributed by atoms with Gasteiger partial charge < -0.3 is 39.7 Å². The lowest BCUT2D eigenvalue weighted by Crippen LogP contribution is -2.25. The number of hydrogen-bond donors (Lipinski definition) is 3. The maximum atomic E-state index is 11.8. The van der Waals surface area contributed by atoms with Crippen LogP contribution in [0.5, 0.6) is 11.5 Å². The van der Waals surface area contributed by atoms with Gasteiger partial charge in [-0.2, -0.15) is 0 Å². The Balaban J connectivity index is 1.54. The van der Waals surface area contributed by atoms with E-state index in [0.29, 0.717) is 67.1 Å². The third kappa shape index (κ3) is 8.55. The summed E-state index contributed by atoms with van der Waals surface area (Å²) in [7, 11) is 4.57. The number of carbonyl (C=O) groups excluding carboxylic acids is 1. The van der Waals surface area contributed by atoms with Crippen LogP contribution in [0, 0.1) is 0 Å². The van der Waals surface area contributed by atoms with Crippen molar-refractivity contribution in [2.45, 2.75) is 6.54 Å². The van der Waals surface area contributed by atoms with Crippen LogP contribution in [0.15, 0.2) is 73.2 Å². The van der Waals surface area contributed by atoms with E-state index in [-0.39, 0.29) is 0 Å². The minimum absolute atomic E-state index is 0.336. The Labute approximate surface area is 250 Å². The molecule has 0 fully saturated rings. The van der Waals surface area contributed by atoms with Crippen molar-refractivity contribution in [1.82, 2.24) is 15.0 Å². The Morgan fingerprint density at radius 2 is 1.58 bits per heavy atom. The van der Waals surface area contributed by atoms with Crippen molar-refractivity contribution < 1.29 is 28.5 Å². The van der Waals surface area contributed by atoms with E-state index in [9.17, 15) is 4.79 Å². The Kier molecular flexibility index (Phi) is 11.1. The highest BCUT2D eigenvalue weighted by Gasteiger charge is 2.14. The molecule has 0 unspecified atom stereocenters. The first-order chi connectivity index (χ1) is 20.9. The number of carbonyl (C=O) groups is 1. The van der Waals surface area contributed by atoms with E-state index >= 15 is 0 Å². The summed E-state index contributed by atoms with van der Waals surface area (Å²) in [6.45, 7) is 1.91. The number of hydrazine groups is 1. The van der Waals surface area contributed by atoms with Crippen molar-refractivity contribution in [3.05, 3.63) is 89.9 Å². The predicted octanol–water partition coefficient (Wildman–Crippen LogP) is 3.84. The molecule has 5 N–H and O–H groups in total. The number of methoxy groups -OCH3 is 3. The van der Waals surface area contributed by atoms with E-state index in [0.717, 1.165) is 22.2 Å². The number of rotatable bonds is 15. The molecule has 12 nitrogen and oxygen atoms in total. The van der Waals surface area contributed by atoms with Crippen LogP contribution in [0.25, 0.3) is 16.6 Å². The van der Waals surface area contributed by atoms with Crippen molar-refractivity contribution in [3.8, 4) is 11.5 Å². The number of hydrogen-bond acceptors (Lipinski definition) is 12. The fourth-order valence-corrected chi connectivity index (χ4v) is 4.20. The van der Waals surface area contributed by atoms with Crippen LogP contribution in [0.4, 0.5) is 11.5 Å². The molecule has 1 heterocycles. The minimum Gasteiger partial charge on any atom is -0.487 e. The summed E-state index contributed by atoms with van der Waals surface area (Å²) in [5.74, 6) is 7.49. The first-order valence-corrected chi connectivity index (χ1v) is 13.5. The molecular weight excluding hydrogens is 552 g/mol. The van der Waals surface area contributed by atoms with Crippen molar-refractivity contribution in [2.75, 3.05) is 53.1 Å². The van der Waals surface area contributed by atoms with Gasteiger partial charge in [0.1, 0.15) is 25.4 Å². The van der Waals surface area contributed by atoms with Gasteiger partial charge in [0.15, 0.2) is 11.5 Å². The summed E-state index contributed by atoms with van der Waals surface area (Å²) >= 11 is 0. The molecule has 0 spiro atoms. The number of fused-ring (bicyclic) bond motifs is 1. The zero-order valence-electron chi connectivity index (χ0n) is 24.4. The maximum absolute atomic E-state index is 11.8. The fraction of sp³-hybridized carbons (Fsp3) is 0.258. The smallest absolute Gasteiger partial charge is 0.337 e. The van der Waals surface area contributed by atoms with Crippen molar-refractivity contribution in [2.24, 2.45) is 11.6 Å². The molecule has 1 aromatic heterocycles. The number of ether oxygens (including phenoxy) is 5. The molecule has 3 aromatic carbocycles. The van der Waals surface area contributed by atoms with Gasteiger partial charge in [-0.1, -0.05) is 24.3 Å². The first-order valence-electron chi connectivity index (χ1n) is 13.5. The molecule has 4 aromatic rings. The molecule has 0 radical (unpaired) electrons. The second-order valence-corrected chi connectivity index (χ2v) is 9.38. The number of aromatic nitrogens is 2. The first kappa shape index (κ1) is 31.0. The minimum atomic E-state index is -0.410. The molecule has 43 heavy (non-hydrogen) atoms. The second kappa shape index (κ2) is 15.4. The highest BCUT2D eigenvalue weighted by Crippen LogP contribution is 2.35. The highest BCUT2D eigenvalue weighted by molar-refractivity contribution is 5.93. The molecule has 0 amide bonds. The van der Waals surface area contributed by atoms with Gasteiger partial charge in [0.2, 0.25) is 0 Å². The highest BCUT2D eigenvalue weighted by atomic mass is 16.5. The normalized spacial score (nSPS) is 11.3. The number of nitrogens with one attached hydrogen (secondary N) is 1. The molecule has 0 bridgehead atoms. The third-order valence-corrected chi connectivity index (χ3v) is 6.27. The number of esters is 1. The van der Waals surface area contributed by atoms with Gasteiger partial charge >= 0.3 is 5.97 Å². The van der Waals surface area contributed by atoms with Crippen LogP contribution < -0.4 is 26.4 Å². The van der Waals surface area contributed by atoms with E-state index < -0.39 is 5.97 Å². The molecule has 0 aliphatic rings. The lowest BCUT2D eigenvalue weighted by atomic mass is 10.1. The Morgan fingerprint density at radius 3 is 2.30 bits per heavy atom. The summed E-state index contributed by atoms with van der Waals surface area (Å²) in [4.78, 5) is 20.7. The Bertz CT molecular complexity index is 1560. The summed E-state index contributed by atoms with van der Waals surface area (Å²) < 4.78 is 26.8. The molecule has 4 rings (SSSR count). The molecule has 0 saturated carbocycles. The largest absolute Gasteiger partial charge is 0.487 e.